The van der Waals surface area contributed by atoms with E-state index in [2.05, 4.69) is 24.9 Å². The lowest BCUT2D eigenvalue weighted by atomic mass is 9.67. The molecule has 0 saturated heterocycles. The van der Waals surface area contributed by atoms with Crippen LogP contribution in [0.15, 0.2) is 41.7 Å². The highest BCUT2D eigenvalue weighted by molar-refractivity contribution is 6.30. The van der Waals surface area contributed by atoms with Crippen LogP contribution in [0.25, 0.3) is 11.1 Å². The molecular formula is C23H26ClN3O3. The van der Waals surface area contributed by atoms with E-state index < -0.39 is 5.54 Å². The number of pyridine rings is 1. The summed E-state index contributed by atoms with van der Waals surface area (Å²) in [6, 6.07) is 8.33. The summed E-state index contributed by atoms with van der Waals surface area (Å²) in [5.74, 6) is 0.983. The van der Waals surface area contributed by atoms with Gasteiger partial charge in [0.05, 0.1) is 17.2 Å². The van der Waals surface area contributed by atoms with E-state index >= 15 is 0 Å². The van der Waals surface area contributed by atoms with Gasteiger partial charge in [0.2, 0.25) is 0 Å². The number of hydrogen-bond donors (Lipinski definition) is 1. The van der Waals surface area contributed by atoms with Gasteiger partial charge in [-0.15, -0.1) is 0 Å². The Hall–Kier alpha value is -2.31. The van der Waals surface area contributed by atoms with E-state index in [4.69, 9.17) is 36.5 Å². The number of fused-ring (bicyclic) bond motifs is 4. The van der Waals surface area contributed by atoms with Crippen LogP contribution in [0.1, 0.15) is 38.7 Å². The number of rotatable bonds is 3. The topological polar surface area (TPSA) is 79.0 Å². The predicted octanol–water partition coefficient (Wildman–Crippen LogP) is 4.30. The number of ether oxygens (including phenoxy) is 3. The second-order valence-electron chi connectivity index (χ2n) is 8.65. The normalized spacial score (nSPS) is 29.7. The lowest BCUT2D eigenvalue weighted by molar-refractivity contribution is -0.0791. The minimum Gasteiger partial charge on any atom is -0.490 e. The van der Waals surface area contributed by atoms with Crippen molar-refractivity contribution in [3.63, 3.8) is 0 Å². The minimum atomic E-state index is -0.566. The van der Waals surface area contributed by atoms with Crippen LogP contribution in [0.4, 0.5) is 0 Å². The molecule has 1 aromatic carbocycles. The fraction of sp³-hybridized carbons (Fsp3) is 0.478. The van der Waals surface area contributed by atoms with Gasteiger partial charge in [0.1, 0.15) is 24.0 Å². The van der Waals surface area contributed by atoms with Gasteiger partial charge in [-0.1, -0.05) is 17.7 Å². The average molecular weight is 428 g/mol. The summed E-state index contributed by atoms with van der Waals surface area (Å²) in [6.07, 6.45) is 6.66. The van der Waals surface area contributed by atoms with E-state index in [1.165, 1.54) is 0 Å². The number of halogens is 1. The first kappa shape index (κ1) is 19.6. The Morgan fingerprint density at radius 1 is 1.20 bits per heavy atom. The van der Waals surface area contributed by atoms with E-state index in [0.717, 1.165) is 41.7 Å². The van der Waals surface area contributed by atoms with E-state index in [1.807, 2.05) is 24.4 Å². The van der Waals surface area contributed by atoms with E-state index in [-0.39, 0.29) is 30.3 Å². The van der Waals surface area contributed by atoms with Crippen molar-refractivity contribution in [2.75, 3.05) is 6.61 Å². The molecule has 1 saturated carbocycles. The molecule has 4 atom stereocenters. The van der Waals surface area contributed by atoms with Gasteiger partial charge >= 0.3 is 0 Å². The molecule has 30 heavy (non-hydrogen) atoms. The van der Waals surface area contributed by atoms with Crippen molar-refractivity contribution < 1.29 is 14.2 Å². The van der Waals surface area contributed by atoms with Gasteiger partial charge in [-0.2, -0.15) is 0 Å². The van der Waals surface area contributed by atoms with Crippen molar-refractivity contribution in [1.82, 2.24) is 4.98 Å². The second kappa shape index (κ2) is 7.43. The highest BCUT2D eigenvalue weighted by atomic mass is 35.5. The lowest BCUT2D eigenvalue weighted by Crippen LogP contribution is -2.52. The standard InChI is InChI=1S/C23H26ClN3O3/c1-13(2)29-17-4-6-21-19(9-17)23(12-28-22(25)27-23)18-8-14(3-5-20(18)30-21)15-7-16(24)11-26-10-15/h3,5,7-8,10-11,13,17,19,21H,4,6,9,12H2,1-2H3,(H2,25,27)/t17-,19?,21?,23?/m0/s1. The van der Waals surface area contributed by atoms with Crippen LogP contribution in [-0.2, 0) is 15.0 Å². The highest BCUT2D eigenvalue weighted by Gasteiger charge is 2.55. The fourth-order valence-electron chi connectivity index (χ4n) is 5.11. The first-order valence-electron chi connectivity index (χ1n) is 10.5. The Labute approximate surface area is 181 Å². The van der Waals surface area contributed by atoms with Gasteiger partial charge in [0, 0.05) is 29.4 Å². The summed E-state index contributed by atoms with van der Waals surface area (Å²) >= 11 is 6.17. The summed E-state index contributed by atoms with van der Waals surface area (Å²) in [5.41, 5.74) is 8.43. The maximum absolute atomic E-state index is 6.46. The Balaban J connectivity index is 1.59. The molecule has 158 valence electrons. The molecule has 3 unspecified atom stereocenters. The zero-order chi connectivity index (χ0) is 20.9. The molecule has 1 aromatic heterocycles. The third-order valence-corrected chi connectivity index (χ3v) is 6.54. The summed E-state index contributed by atoms with van der Waals surface area (Å²) in [7, 11) is 0. The Bertz CT molecular complexity index is 995. The first-order chi connectivity index (χ1) is 14.4. The zero-order valence-electron chi connectivity index (χ0n) is 17.2. The molecule has 1 fully saturated rings. The predicted molar refractivity (Wildman–Crippen MR) is 116 cm³/mol. The molecule has 0 amide bonds. The Kier molecular flexibility index (Phi) is 4.86. The van der Waals surface area contributed by atoms with Crippen molar-refractivity contribution >= 4 is 17.6 Å². The van der Waals surface area contributed by atoms with E-state index in [9.17, 15) is 0 Å². The highest BCUT2D eigenvalue weighted by Crippen LogP contribution is 2.53. The molecule has 3 heterocycles. The van der Waals surface area contributed by atoms with Crippen molar-refractivity contribution in [3.8, 4) is 16.9 Å². The Morgan fingerprint density at radius 2 is 2.07 bits per heavy atom. The molecule has 5 rings (SSSR count). The van der Waals surface area contributed by atoms with Gasteiger partial charge in [-0.25, -0.2) is 4.99 Å². The molecule has 1 aliphatic carbocycles. The van der Waals surface area contributed by atoms with Crippen LogP contribution in [0.5, 0.6) is 5.75 Å². The van der Waals surface area contributed by atoms with Gasteiger partial charge in [-0.05, 0) is 56.9 Å². The largest absolute Gasteiger partial charge is 0.490 e. The molecular weight excluding hydrogens is 402 g/mol. The maximum atomic E-state index is 6.46. The van der Waals surface area contributed by atoms with Crippen LogP contribution in [0.3, 0.4) is 0 Å². The van der Waals surface area contributed by atoms with Crippen molar-refractivity contribution in [2.24, 2.45) is 16.6 Å². The number of aliphatic imine (C=N–C) groups is 1. The van der Waals surface area contributed by atoms with Gasteiger partial charge in [-0.3, -0.25) is 4.98 Å². The molecule has 1 spiro atoms. The van der Waals surface area contributed by atoms with Gasteiger partial charge in [0.25, 0.3) is 6.02 Å². The second-order valence-corrected chi connectivity index (χ2v) is 9.08. The SMILES string of the molecule is CC(C)O[C@H]1CCC2Oc3ccc(-c4cncc(Cl)c4)cc3C3(COC(N)=N3)C2C1. The number of amidine groups is 1. The third-order valence-electron chi connectivity index (χ3n) is 6.33. The van der Waals surface area contributed by atoms with Gasteiger partial charge in [0.15, 0.2) is 0 Å². The van der Waals surface area contributed by atoms with E-state index in [0.29, 0.717) is 11.6 Å². The molecule has 2 N–H and O–H groups in total. The molecule has 7 heteroatoms. The number of benzene rings is 1. The fourth-order valence-corrected chi connectivity index (χ4v) is 5.29. The number of aromatic nitrogens is 1. The third kappa shape index (κ3) is 3.32. The van der Waals surface area contributed by atoms with Gasteiger partial charge < -0.3 is 19.9 Å². The molecule has 0 bridgehead atoms. The minimum absolute atomic E-state index is 0.0708. The molecule has 2 aromatic rings. The summed E-state index contributed by atoms with van der Waals surface area (Å²) in [4.78, 5) is 9.09. The summed E-state index contributed by atoms with van der Waals surface area (Å²) in [6.45, 7) is 4.57. The molecule has 3 aliphatic rings. The average Bonchev–Trinajstić information content (AvgIpc) is 3.10. The molecule has 6 nitrogen and oxygen atoms in total. The Morgan fingerprint density at radius 3 is 2.80 bits per heavy atom. The van der Waals surface area contributed by atoms with Crippen LogP contribution in [0, 0.1) is 5.92 Å². The summed E-state index contributed by atoms with van der Waals surface area (Å²) < 4.78 is 18.4. The molecule has 0 radical (unpaired) electrons. The zero-order valence-corrected chi connectivity index (χ0v) is 17.9. The van der Waals surface area contributed by atoms with Crippen LogP contribution in [-0.4, -0.2) is 35.9 Å². The number of hydrogen-bond acceptors (Lipinski definition) is 6. The maximum Gasteiger partial charge on any atom is 0.283 e. The van der Waals surface area contributed by atoms with E-state index in [1.54, 1.807) is 6.20 Å². The number of nitrogens with two attached hydrogens (primary N) is 1. The smallest absolute Gasteiger partial charge is 0.283 e. The van der Waals surface area contributed by atoms with Crippen LogP contribution < -0.4 is 10.5 Å². The van der Waals surface area contributed by atoms with Crippen molar-refractivity contribution in [1.29, 1.82) is 0 Å². The molecule has 2 aliphatic heterocycles. The first-order valence-corrected chi connectivity index (χ1v) is 10.9. The quantitative estimate of drug-likeness (QED) is 0.790. The van der Waals surface area contributed by atoms with Crippen molar-refractivity contribution in [2.45, 2.75) is 57.0 Å². The number of nitrogens with zero attached hydrogens (tertiary/aromatic N) is 2. The lowest BCUT2D eigenvalue weighted by Gasteiger charge is -2.48. The summed E-state index contributed by atoms with van der Waals surface area (Å²) in [5, 5.41) is 0.601. The van der Waals surface area contributed by atoms with Crippen LogP contribution >= 0.6 is 11.6 Å². The monoisotopic (exact) mass is 427 g/mol. The van der Waals surface area contributed by atoms with Crippen molar-refractivity contribution in [3.05, 3.63) is 47.2 Å². The van der Waals surface area contributed by atoms with Crippen LogP contribution in [0.2, 0.25) is 5.02 Å².